The van der Waals surface area contributed by atoms with Crippen LogP contribution in [0.1, 0.15) is 26.7 Å². The van der Waals surface area contributed by atoms with Crippen LogP contribution < -0.4 is 0 Å². The number of hydrogen-bond donors (Lipinski definition) is 2. The Bertz CT molecular complexity index is 220. The van der Waals surface area contributed by atoms with Crippen LogP contribution in [0.3, 0.4) is 0 Å². The average Bonchev–Trinajstić information content (AvgIpc) is 1.99. The zero-order valence-corrected chi connectivity index (χ0v) is 8.04. The van der Waals surface area contributed by atoms with Crippen LogP contribution in [0.4, 0.5) is 0 Å². The van der Waals surface area contributed by atoms with E-state index in [-0.39, 0.29) is 0 Å². The number of phosphoric acid groups is 1. The summed E-state index contributed by atoms with van der Waals surface area (Å²) in [5.41, 5.74) is -1.13. The molecule has 12 heavy (non-hydrogen) atoms. The lowest BCUT2D eigenvalue weighted by Crippen LogP contribution is -2.27. The van der Waals surface area contributed by atoms with Crippen LogP contribution in [0, 0.1) is 12.3 Å². The highest BCUT2D eigenvalue weighted by molar-refractivity contribution is 7.46. The van der Waals surface area contributed by atoms with Gasteiger partial charge < -0.3 is 9.79 Å². The van der Waals surface area contributed by atoms with Crippen LogP contribution in [0.2, 0.25) is 0 Å². The molecule has 0 radical (unpaired) electrons. The van der Waals surface area contributed by atoms with Gasteiger partial charge in [-0.3, -0.25) is 4.52 Å². The number of hydrogen-bond acceptors (Lipinski definition) is 2. The highest BCUT2D eigenvalue weighted by Crippen LogP contribution is 2.43. The topological polar surface area (TPSA) is 66.8 Å². The van der Waals surface area contributed by atoms with Gasteiger partial charge in [0.15, 0.2) is 0 Å². The molecule has 0 aliphatic heterocycles. The fourth-order valence-electron chi connectivity index (χ4n) is 0.837. The molecule has 0 amide bonds. The van der Waals surface area contributed by atoms with E-state index in [1.807, 2.05) is 0 Å². The lowest BCUT2D eigenvalue weighted by molar-refractivity contribution is 0.0751. The highest BCUT2D eigenvalue weighted by Gasteiger charge is 2.32. The van der Waals surface area contributed by atoms with Crippen LogP contribution in [-0.2, 0) is 9.09 Å². The van der Waals surface area contributed by atoms with Gasteiger partial charge in [0, 0.05) is 0 Å². The lowest BCUT2D eigenvalue weighted by atomic mass is 9.99. The van der Waals surface area contributed by atoms with Crippen molar-refractivity contribution in [2.45, 2.75) is 32.3 Å². The van der Waals surface area contributed by atoms with E-state index in [9.17, 15) is 4.57 Å². The minimum atomic E-state index is -4.48. The monoisotopic (exact) mass is 192 g/mol. The van der Waals surface area contributed by atoms with Gasteiger partial charge in [0.05, 0.1) is 0 Å². The summed E-state index contributed by atoms with van der Waals surface area (Å²) in [6, 6.07) is 0. The summed E-state index contributed by atoms with van der Waals surface area (Å²) in [6.45, 7) is 3.44. The Hall–Kier alpha value is -0.330. The first-order valence-electron chi connectivity index (χ1n) is 3.63. The minimum Gasteiger partial charge on any atom is -0.303 e. The van der Waals surface area contributed by atoms with E-state index in [0.717, 1.165) is 0 Å². The molecule has 0 atom stereocenters. The summed E-state index contributed by atoms with van der Waals surface area (Å²) >= 11 is 0. The van der Waals surface area contributed by atoms with Crippen LogP contribution in [0.25, 0.3) is 0 Å². The maximum absolute atomic E-state index is 10.5. The summed E-state index contributed by atoms with van der Waals surface area (Å²) in [4.78, 5) is 17.1. The predicted octanol–water partition coefficient (Wildman–Crippen LogP) is 1.29. The second kappa shape index (κ2) is 4.06. The van der Waals surface area contributed by atoms with Crippen molar-refractivity contribution in [1.82, 2.24) is 0 Å². The Balaban J connectivity index is 4.56. The van der Waals surface area contributed by atoms with E-state index < -0.39 is 13.4 Å². The zero-order chi connectivity index (χ0) is 9.83. The average molecular weight is 192 g/mol. The Morgan fingerprint density at radius 1 is 1.50 bits per heavy atom. The van der Waals surface area contributed by atoms with Gasteiger partial charge in [-0.25, -0.2) is 4.57 Å². The van der Waals surface area contributed by atoms with Gasteiger partial charge in [-0.1, -0.05) is 19.8 Å². The first kappa shape index (κ1) is 11.7. The van der Waals surface area contributed by atoms with Gasteiger partial charge in [0.25, 0.3) is 0 Å². The van der Waals surface area contributed by atoms with Crippen molar-refractivity contribution in [2.24, 2.45) is 0 Å². The molecule has 0 saturated heterocycles. The van der Waals surface area contributed by atoms with Crippen LogP contribution in [-0.4, -0.2) is 15.4 Å². The number of phosphoric ester groups is 1. The number of terminal acetylenes is 1. The molecule has 5 heteroatoms. The first-order chi connectivity index (χ1) is 5.39. The third-order valence-corrected chi connectivity index (χ3v) is 2.29. The Kier molecular flexibility index (Phi) is 3.95. The molecule has 2 N–H and O–H groups in total. The summed E-state index contributed by atoms with van der Waals surface area (Å²) in [5, 5.41) is 0. The summed E-state index contributed by atoms with van der Waals surface area (Å²) in [7, 11) is -4.48. The normalized spacial score (nSPS) is 12.6. The van der Waals surface area contributed by atoms with Crippen molar-refractivity contribution in [2.75, 3.05) is 0 Å². The van der Waals surface area contributed by atoms with Crippen LogP contribution >= 0.6 is 7.82 Å². The summed E-state index contributed by atoms with van der Waals surface area (Å²) in [6.07, 6.45) is 5.88. The van der Waals surface area contributed by atoms with E-state index in [2.05, 4.69) is 10.4 Å². The zero-order valence-electron chi connectivity index (χ0n) is 7.15. The number of rotatable bonds is 4. The smallest absolute Gasteiger partial charge is 0.303 e. The molecule has 0 aromatic carbocycles. The van der Waals surface area contributed by atoms with Crippen molar-refractivity contribution in [3.05, 3.63) is 0 Å². The summed E-state index contributed by atoms with van der Waals surface area (Å²) < 4.78 is 15.0. The quantitative estimate of drug-likeness (QED) is 0.520. The van der Waals surface area contributed by atoms with Gasteiger partial charge in [0.1, 0.15) is 5.60 Å². The standard InChI is InChI=1S/C7H13O4P/c1-4-7(5-2,6-3)11-12(8,9)10/h1H,5-6H2,2-3H3,(H2,8,9,10). The molecule has 0 saturated carbocycles. The molecule has 0 spiro atoms. The molecule has 4 nitrogen and oxygen atoms in total. The first-order valence-corrected chi connectivity index (χ1v) is 5.16. The fraction of sp³-hybridized carbons (Fsp3) is 0.714. The maximum atomic E-state index is 10.5. The molecule has 0 fully saturated rings. The van der Waals surface area contributed by atoms with Gasteiger partial charge in [-0.15, -0.1) is 6.42 Å². The van der Waals surface area contributed by atoms with Gasteiger partial charge >= 0.3 is 7.82 Å². The second-order valence-electron chi connectivity index (χ2n) is 2.43. The molecule has 0 aromatic rings. The van der Waals surface area contributed by atoms with E-state index >= 15 is 0 Å². The minimum absolute atomic E-state index is 0.380. The van der Waals surface area contributed by atoms with E-state index in [1.165, 1.54) is 0 Å². The largest absolute Gasteiger partial charge is 0.471 e. The van der Waals surface area contributed by atoms with Crippen LogP contribution in [0.15, 0.2) is 0 Å². The Labute approximate surface area is 72.2 Å². The molecule has 70 valence electrons. The molecule has 0 heterocycles. The molecule has 0 aromatic heterocycles. The fourth-order valence-corrected chi connectivity index (χ4v) is 1.60. The Morgan fingerprint density at radius 3 is 2.00 bits per heavy atom. The van der Waals surface area contributed by atoms with Crippen molar-refractivity contribution < 1.29 is 18.9 Å². The third-order valence-electron chi connectivity index (χ3n) is 1.70. The van der Waals surface area contributed by atoms with Crippen molar-refractivity contribution >= 4 is 7.82 Å². The Morgan fingerprint density at radius 2 is 1.92 bits per heavy atom. The van der Waals surface area contributed by atoms with Gasteiger partial charge in [0.2, 0.25) is 0 Å². The molecule has 0 aliphatic carbocycles. The SMILES string of the molecule is C#CC(CC)(CC)OP(=O)(O)O. The van der Waals surface area contributed by atoms with Crippen molar-refractivity contribution in [3.63, 3.8) is 0 Å². The molecule has 0 bridgehead atoms. The molecule has 0 unspecified atom stereocenters. The van der Waals surface area contributed by atoms with E-state index in [0.29, 0.717) is 12.8 Å². The van der Waals surface area contributed by atoms with Gasteiger partial charge in [-0.2, -0.15) is 0 Å². The lowest BCUT2D eigenvalue weighted by Gasteiger charge is -2.25. The molecular formula is C7H13O4P. The van der Waals surface area contributed by atoms with Gasteiger partial charge in [-0.05, 0) is 12.8 Å². The molecule has 0 aliphatic rings. The molecular weight excluding hydrogens is 179 g/mol. The summed E-state index contributed by atoms with van der Waals surface area (Å²) in [5.74, 6) is 2.26. The third kappa shape index (κ3) is 3.38. The van der Waals surface area contributed by atoms with Crippen molar-refractivity contribution in [3.8, 4) is 12.3 Å². The molecule has 0 rings (SSSR count). The predicted molar refractivity (Wildman–Crippen MR) is 45.3 cm³/mol. The van der Waals surface area contributed by atoms with E-state index in [1.54, 1.807) is 13.8 Å². The maximum Gasteiger partial charge on any atom is 0.471 e. The van der Waals surface area contributed by atoms with Crippen molar-refractivity contribution in [1.29, 1.82) is 0 Å². The van der Waals surface area contributed by atoms with E-state index in [4.69, 9.17) is 16.2 Å². The second-order valence-corrected chi connectivity index (χ2v) is 3.59. The highest BCUT2D eigenvalue weighted by atomic mass is 31.2. The van der Waals surface area contributed by atoms with Crippen LogP contribution in [0.5, 0.6) is 0 Å².